The number of pyridine rings is 1. The first kappa shape index (κ1) is 16.2. The van der Waals surface area contributed by atoms with Gasteiger partial charge < -0.3 is 9.64 Å². The van der Waals surface area contributed by atoms with E-state index in [1.165, 1.54) is 6.26 Å². The van der Waals surface area contributed by atoms with Crippen molar-refractivity contribution in [2.24, 2.45) is 5.92 Å². The minimum absolute atomic E-state index is 0.346. The van der Waals surface area contributed by atoms with E-state index in [0.717, 1.165) is 43.7 Å². The zero-order valence-electron chi connectivity index (χ0n) is 13.5. The number of hydrogen-bond donors (Lipinski definition) is 0. The summed E-state index contributed by atoms with van der Waals surface area (Å²) in [4.78, 5) is 7.10. The maximum atomic E-state index is 12.0. The van der Waals surface area contributed by atoms with Gasteiger partial charge in [-0.1, -0.05) is 0 Å². The SMILES string of the molecule is COCC1CCN(c2ccc(S(C)(=O)=O)c3cccnc23)CC1. The van der Waals surface area contributed by atoms with E-state index < -0.39 is 9.84 Å². The van der Waals surface area contributed by atoms with Gasteiger partial charge in [0.1, 0.15) is 0 Å². The highest BCUT2D eigenvalue weighted by atomic mass is 32.2. The molecule has 0 amide bonds. The lowest BCUT2D eigenvalue weighted by molar-refractivity contribution is 0.139. The Bertz CT molecular complexity index is 797. The summed E-state index contributed by atoms with van der Waals surface area (Å²) in [6, 6.07) is 7.21. The Labute approximate surface area is 137 Å². The maximum absolute atomic E-state index is 12.0. The Hall–Kier alpha value is -1.66. The molecule has 1 saturated heterocycles. The number of ether oxygens (including phenoxy) is 1. The first-order valence-electron chi connectivity index (χ1n) is 7.82. The predicted molar refractivity (Wildman–Crippen MR) is 91.7 cm³/mol. The second kappa shape index (κ2) is 6.45. The lowest BCUT2D eigenvalue weighted by Crippen LogP contribution is -2.35. The van der Waals surface area contributed by atoms with Gasteiger partial charge in [0.2, 0.25) is 0 Å². The molecular weight excluding hydrogens is 312 g/mol. The van der Waals surface area contributed by atoms with E-state index in [1.807, 2.05) is 12.1 Å². The van der Waals surface area contributed by atoms with Crippen LogP contribution in [-0.4, -0.2) is 46.5 Å². The minimum Gasteiger partial charge on any atom is -0.384 e. The summed E-state index contributed by atoms with van der Waals surface area (Å²) in [6.45, 7) is 2.69. The zero-order chi connectivity index (χ0) is 16.4. The van der Waals surface area contributed by atoms with Crippen LogP contribution in [0.15, 0.2) is 35.4 Å². The normalized spacial score (nSPS) is 16.9. The second-order valence-electron chi connectivity index (χ2n) is 6.14. The lowest BCUT2D eigenvalue weighted by atomic mass is 9.97. The average Bonchev–Trinajstić information content (AvgIpc) is 2.54. The molecule has 2 heterocycles. The van der Waals surface area contributed by atoms with Crippen LogP contribution in [0.5, 0.6) is 0 Å². The number of sulfone groups is 1. The summed E-state index contributed by atoms with van der Waals surface area (Å²) in [5, 5.41) is 0.700. The highest BCUT2D eigenvalue weighted by Crippen LogP contribution is 2.32. The quantitative estimate of drug-likeness (QED) is 0.860. The van der Waals surface area contributed by atoms with Crippen molar-refractivity contribution in [1.29, 1.82) is 0 Å². The maximum Gasteiger partial charge on any atom is 0.176 e. The van der Waals surface area contributed by atoms with Gasteiger partial charge in [-0.15, -0.1) is 0 Å². The molecule has 0 unspecified atom stereocenters. The third-order valence-corrected chi connectivity index (χ3v) is 5.62. The van der Waals surface area contributed by atoms with Crippen molar-refractivity contribution in [1.82, 2.24) is 4.98 Å². The highest BCUT2D eigenvalue weighted by molar-refractivity contribution is 7.91. The van der Waals surface area contributed by atoms with E-state index in [9.17, 15) is 8.42 Å². The smallest absolute Gasteiger partial charge is 0.176 e. The number of rotatable bonds is 4. The third kappa shape index (κ3) is 3.33. The standard InChI is InChI=1S/C17H22N2O3S/c1-22-12-13-7-10-19(11-8-13)15-5-6-16(23(2,20)21)14-4-3-9-18-17(14)15/h3-6,9,13H,7-8,10-12H2,1-2H3. The molecule has 0 N–H and O–H groups in total. The summed E-state index contributed by atoms with van der Waals surface area (Å²) in [5.74, 6) is 0.603. The van der Waals surface area contributed by atoms with Gasteiger partial charge in [-0.2, -0.15) is 0 Å². The minimum atomic E-state index is -3.27. The third-order valence-electron chi connectivity index (χ3n) is 4.47. The van der Waals surface area contributed by atoms with Crippen LogP contribution < -0.4 is 4.90 Å². The summed E-state index contributed by atoms with van der Waals surface area (Å²) >= 11 is 0. The molecule has 0 spiro atoms. The topological polar surface area (TPSA) is 59.5 Å². The Kier molecular flexibility index (Phi) is 4.55. The number of piperidine rings is 1. The lowest BCUT2D eigenvalue weighted by Gasteiger charge is -2.33. The van der Waals surface area contributed by atoms with Crippen LogP contribution in [0.1, 0.15) is 12.8 Å². The number of benzene rings is 1. The highest BCUT2D eigenvalue weighted by Gasteiger charge is 2.22. The van der Waals surface area contributed by atoms with Crippen molar-refractivity contribution in [3.8, 4) is 0 Å². The monoisotopic (exact) mass is 334 g/mol. The Morgan fingerprint density at radius 2 is 2.00 bits per heavy atom. The van der Waals surface area contributed by atoms with E-state index in [-0.39, 0.29) is 0 Å². The van der Waals surface area contributed by atoms with Crippen molar-refractivity contribution in [3.05, 3.63) is 30.5 Å². The molecule has 1 aliphatic rings. The molecule has 23 heavy (non-hydrogen) atoms. The Morgan fingerprint density at radius 3 is 2.65 bits per heavy atom. The van der Waals surface area contributed by atoms with Gasteiger partial charge in [0.25, 0.3) is 0 Å². The van der Waals surface area contributed by atoms with Crippen LogP contribution >= 0.6 is 0 Å². The molecule has 0 atom stereocenters. The molecule has 1 aliphatic heterocycles. The number of nitrogens with zero attached hydrogens (tertiary/aromatic N) is 2. The van der Waals surface area contributed by atoms with Crippen LogP contribution in [0.2, 0.25) is 0 Å². The molecule has 6 heteroatoms. The molecule has 1 aromatic carbocycles. The summed E-state index contributed by atoms with van der Waals surface area (Å²) in [5.41, 5.74) is 1.78. The molecule has 1 fully saturated rings. The molecule has 5 nitrogen and oxygen atoms in total. The number of hydrogen-bond acceptors (Lipinski definition) is 5. The van der Waals surface area contributed by atoms with Gasteiger partial charge in [0.05, 0.1) is 16.1 Å². The first-order chi connectivity index (χ1) is 11.0. The molecule has 124 valence electrons. The van der Waals surface area contributed by atoms with Gasteiger partial charge in [0, 0.05) is 44.6 Å². The van der Waals surface area contributed by atoms with Gasteiger partial charge in [-0.05, 0) is 43.0 Å². The van der Waals surface area contributed by atoms with Gasteiger partial charge in [0.15, 0.2) is 9.84 Å². The largest absolute Gasteiger partial charge is 0.384 e. The number of methoxy groups -OCH3 is 1. The first-order valence-corrected chi connectivity index (χ1v) is 9.71. The van der Waals surface area contributed by atoms with Crippen LogP contribution in [-0.2, 0) is 14.6 Å². The fraction of sp³-hybridized carbons (Fsp3) is 0.471. The summed E-state index contributed by atoms with van der Waals surface area (Å²) in [7, 11) is -1.52. The second-order valence-corrected chi connectivity index (χ2v) is 8.12. The van der Waals surface area contributed by atoms with E-state index in [0.29, 0.717) is 16.2 Å². The van der Waals surface area contributed by atoms with Crippen LogP contribution in [0.4, 0.5) is 5.69 Å². The van der Waals surface area contributed by atoms with E-state index >= 15 is 0 Å². The molecule has 0 bridgehead atoms. The molecule has 1 aromatic heterocycles. The molecular formula is C17H22N2O3S. The van der Waals surface area contributed by atoms with Crippen LogP contribution in [0, 0.1) is 5.92 Å². The van der Waals surface area contributed by atoms with E-state index in [2.05, 4.69) is 9.88 Å². The van der Waals surface area contributed by atoms with Gasteiger partial charge >= 0.3 is 0 Å². The molecule has 0 radical (unpaired) electrons. The fourth-order valence-corrected chi connectivity index (χ4v) is 4.17. The number of fused-ring (bicyclic) bond motifs is 1. The Balaban J connectivity index is 1.97. The molecule has 2 aromatic rings. The Morgan fingerprint density at radius 1 is 1.26 bits per heavy atom. The fourth-order valence-electron chi connectivity index (χ4n) is 3.29. The number of anilines is 1. The average molecular weight is 334 g/mol. The van der Waals surface area contributed by atoms with Gasteiger partial charge in [-0.3, -0.25) is 4.98 Å². The van der Waals surface area contributed by atoms with Gasteiger partial charge in [-0.25, -0.2) is 8.42 Å². The predicted octanol–water partition coefficient (Wildman–Crippen LogP) is 2.50. The van der Waals surface area contributed by atoms with E-state index in [4.69, 9.17) is 4.74 Å². The van der Waals surface area contributed by atoms with Crippen molar-refractivity contribution in [2.75, 3.05) is 38.0 Å². The zero-order valence-corrected chi connectivity index (χ0v) is 14.3. The van der Waals surface area contributed by atoms with E-state index in [1.54, 1.807) is 25.4 Å². The van der Waals surface area contributed by atoms with Crippen LogP contribution in [0.3, 0.4) is 0 Å². The van der Waals surface area contributed by atoms with Crippen molar-refractivity contribution in [2.45, 2.75) is 17.7 Å². The number of aromatic nitrogens is 1. The molecule has 0 saturated carbocycles. The van der Waals surface area contributed by atoms with Crippen LogP contribution in [0.25, 0.3) is 10.9 Å². The molecule has 0 aliphatic carbocycles. The van der Waals surface area contributed by atoms with Crippen molar-refractivity contribution < 1.29 is 13.2 Å². The summed E-state index contributed by atoms with van der Waals surface area (Å²) < 4.78 is 29.2. The van der Waals surface area contributed by atoms with Crippen molar-refractivity contribution >= 4 is 26.4 Å². The van der Waals surface area contributed by atoms with Crippen molar-refractivity contribution in [3.63, 3.8) is 0 Å². The molecule has 3 rings (SSSR count). The summed E-state index contributed by atoms with van der Waals surface area (Å²) in [6.07, 6.45) is 5.12.